The van der Waals surface area contributed by atoms with Gasteiger partial charge in [-0.05, 0) is 51.0 Å². The van der Waals surface area contributed by atoms with Crippen molar-refractivity contribution in [1.82, 2.24) is 38.7 Å². The third kappa shape index (κ3) is 7.39. The Hall–Kier alpha value is -4.97. The van der Waals surface area contributed by atoms with E-state index in [-0.39, 0.29) is 22.3 Å². The van der Waals surface area contributed by atoms with E-state index in [2.05, 4.69) is 34.5 Å². The van der Waals surface area contributed by atoms with Crippen molar-refractivity contribution in [1.29, 1.82) is 0 Å². The molecule has 6 aromatic heterocycles. The molecule has 7 heterocycles. The Bertz CT molecular complexity index is 2270. The average molecular weight is 707 g/mol. The molecule has 0 aliphatic carbocycles. The van der Waals surface area contributed by atoms with Crippen molar-refractivity contribution in [3.8, 4) is 17.1 Å². The summed E-state index contributed by atoms with van der Waals surface area (Å²) in [5, 5.41) is 7.27. The summed E-state index contributed by atoms with van der Waals surface area (Å²) in [7, 11) is -5.80. The average Bonchev–Trinajstić information content (AvgIpc) is 3.88. The summed E-state index contributed by atoms with van der Waals surface area (Å²) in [4.78, 5) is 13.4. The summed E-state index contributed by atoms with van der Waals surface area (Å²) in [5.41, 5.74) is 3.46. The predicted octanol–water partition coefficient (Wildman–Crippen LogP) is 4.13. The van der Waals surface area contributed by atoms with E-state index in [9.17, 15) is 16.8 Å². The van der Waals surface area contributed by atoms with Gasteiger partial charge < -0.3 is 18.2 Å². The topological polar surface area (TPSA) is 188 Å². The minimum absolute atomic E-state index is 0.000320. The molecule has 49 heavy (non-hydrogen) atoms. The summed E-state index contributed by atoms with van der Waals surface area (Å²) in [6.07, 6.45) is 9.48. The fourth-order valence-electron chi connectivity index (χ4n) is 5.51. The van der Waals surface area contributed by atoms with E-state index in [1.165, 1.54) is 17.7 Å². The number of methoxy groups -OCH3 is 1. The molecular weight excluding hydrogens is 673 g/mol. The number of pyridine rings is 3. The molecule has 1 aliphatic heterocycles. The monoisotopic (exact) mass is 706 g/mol. The number of hydrogen-bond acceptors (Lipinski definition) is 12. The van der Waals surface area contributed by atoms with Crippen LogP contribution in [-0.2, 0) is 26.6 Å². The number of nitrogens with one attached hydrogen (secondary N) is 1. The number of nitrogens with zero attached hydrogens (tertiary/aromatic N) is 7. The number of ether oxygens (including phenoxy) is 1. The van der Waals surface area contributed by atoms with Crippen LogP contribution >= 0.6 is 0 Å². The molecule has 0 radical (unpaired) electrons. The lowest BCUT2D eigenvalue weighted by atomic mass is 9.99. The third-order valence-electron chi connectivity index (χ3n) is 7.99. The lowest BCUT2D eigenvalue weighted by Gasteiger charge is -2.31. The van der Waals surface area contributed by atoms with Crippen molar-refractivity contribution in [2.45, 2.75) is 48.9 Å². The molecule has 0 bridgehead atoms. The van der Waals surface area contributed by atoms with Crippen LogP contribution in [0.3, 0.4) is 0 Å². The first-order valence-corrected chi connectivity index (χ1v) is 18.2. The molecule has 1 aliphatic rings. The zero-order valence-corrected chi connectivity index (χ0v) is 28.6. The maximum atomic E-state index is 12.8. The normalized spacial score (nSPS) is 15.5. The molecule has 0 saturated carbocycles. The zero-order chi connectivity index (χ0) is 34.6. The largest absolute Gasteiger partial charge is 0.497 e. The maximum Gasteiger partial charge on any atom is 0.248 e. The second-order valence-corrected chi connectivity index (χ2v) is 14.9. The van der Waals surface area contributed by atoms with E-state index in [0.29, 0.717) is 47.3 Å². The molecule has 7 rings (SSSR count). The maximum absolute atomic E-state index is 12.8. The van der Waals surface area contributed by atoms with E-state index >= 15 is 0 Å². The summed E-state index contributed by atoms with van der Waals surface area (Å²) in [6.45, 7) is 4.11. The van der Waals surface area contributed by atoms with Crippen LogP contribution in [0, 0.1) is 13.8 Å². The van der Waals surface area contributed by atoms with E-state index in [0.717, 1.165) is 30.4 Å². The number of fused-ring (bicyclic) bond motifs is 1. The Morgan fingerprint density at radius 1 is 0.939 bits per heavy atom. The Labute approximate surface area is 283 Å². The molecule has 1 unspecified atom stereocenters. The molecular formula is C32H34N8O7S2. The van der Waals surface area contributed by atoms with Crippen molar-refractivity contribution in [3.63, 3.8) is 0 Å². The summed E-state index contributed by atoms with van der Waals surface area (Å²) < 4.78 is 71.1. The quantitative estimate of drug-likeness (QED) is 0.227. The number of aryl methyl sites for hydroxylation is 2. The van der Waals surface area contributed by atoms with E-state index in [1.54, 1.807) is 38.2 Å². The fourth-order valence-corrected chi connectivity index (χ4v) is 8.20. The van der Waals surface area contributed by atoms with Gasteiger partial charge in [0.15, 0.2) is 0 Å². The van der Waals surface area contributed by atoms with Crippen LogP contribution in [0.2, 0.25) is 0 Å². The van der Waals surface area contributed by atoms with Crippen LogP contribution in [0.5, 0.6) is 5.75 Å². The predicted molar refractivity (Wildman–Crippen MR) is 176 cm³/mol. The van der Waals surface area contributed by atoms with Crippen molar-refractivity contribution in [2.75, 3.05) is 20.2 Å². The Balaban J connectivity index is 0.000000170. The van der Waals surface area contributed by atoms with Gasteiger partial charge in [-0.2, -0.15) is 4.31 Å². The van der Waals surface area contributed by atoms with Crippen LogP contribution < -0.4 is 9.46 Å². The molecule has 17 heteroatoms. The Morgan fingerprint density at radius 2 is 1.69 bits per heavy atom. The van der Waals surface area contributed by atoms with E-state index in [1.807, 2.05) is 47.1 Å². The highest BCUT2D eigenvalue weighted by molar-refractivity contribution is 7.89. The van der Waals surface area contributed by atoms with E-state index in [4.69, 9.17) is 9.26 Å². The van der Waals surface area contributed by atoms with Crippen molar-refractivity contribution in [3.05, 3.63) is 103 Å². The highest BCUT2D eigenvalue weighted by Gasteiger charge is 2.34. The molecule has 6 aromatic rings. The Kier molecular flexibility index (Phi) is 9.86. The summed E-state index contributed by atoms with van der Waals surface area (Å²) >= 11 is 0. The highest BCUT2D eigenvalue weighted by atomic mass is 32.2. The minimum Gasteiger partial charge on any atom is -0.497 e. The SMILES string of the molecule is COc1cc(CNS(=O)(=O)c2conc2C)nc(-c2ccccn2)c1.Cc1nocc1S(=O)(=O)N1CCCC(c2ncc3ccccn23)C1. The van der Waals surface area contributed by atoms with Gasteiger partial charge in [-0.15, -0.1) is 0 Å². The van der Waals surface area contributed by atoms with Gasteiger partial charge in [0.2, 0.25) is 20.0 Å². The van der Waals surface area contributed by atoms with Gasteiger partial charge in [0.05, 0.1) is 42.4 Å². The van der Waals surface area contributed by atoms with Crippen LogP contribution in [0.4, 0.5) is 0 Å². The molecule has 1 N–H and O–H groups in total. The first kappa shape index (κ1) is 33.9. The molecule has 0 amide bonds. The number of hydrogen-bond donors (Lipinski definition) is 1. The zero-order valence-electron chi connectivity index (χ0n) is 26.9. The number of aromatic nitrogens is 6. The lowest BCUT2D eigenvalue weighted by Crippen LogP contribution is -2.39. The van der Waals surface area contributed by atoms with Crippen molar-refractivity contribution < 1.29 is 30.6 Å². The van der Waals surface area contributed by atoms with Gasteiger partial charge >= 0.3 is 0 Å². The van der Waals surface area contributed by atoms with Crippen LogP contribution in [0.1, 0.15) is 41.7 Å². The van der Waals surface area contributed by atoms with Crippen LogP contribution in [-0.4, -0.2) is 71.0 Å². The highest BCUT2D eigenvalue weighted by Crippen LogP contribution is 2.31. The van der Waals surface area contributed by atoms with Crippen LogP contribution in [0.25, 0.3) is 16.9 Å². The minimum atomic E-state index is -3.75. The molecule has 1 saturated heterocycles. The molecule has 15 nitrogen and oxygen atoms in total. The standard InChI is InChI=1S/C16H16N4O4S.C16H18N4O3S/c1-11-16(10-24-20-11)25(21,22)18-9-12-7-13(23-2)8-15(19-12)14-5-3-4-6-17-14;1-12-15(11-23-18-12)24(21,22)19-7-4-5-13(10-19)16-17-9-14-6-2-3-8-20(14)16/h3-8,10,18H,9H2,1-2H3;2-3,6,8-9,11,13H,4-5,7,10H2,1H3. The molecule has 1 atom stereocenters. The number of imidazole rings is 1. The molecule has 0 spiro atoms. The first-order chi connectivity index (χ1) is 23.6. The van der Waals surface area contributed by atoms with Gasteiger partial charge in [-0.3, -0.25) is 4.98 Å². The number of rotatable bonds is 9. The molecule has 1 fully saturated rings. The van der Waals surface area contributed by atoms with E-state index < -0.39 is 20.0 Å². The number of piperidine rings is 1. The van der Waals surface area contributed by atoms with Crippen LogP contribution in [0.15, 0.2) is 98.5 Å². The summed E-state index contributed by atoms with van der Waals surface area (Å²) in [5.74, 6) is 1.54. The second-order valence-electron chi connectivity index (χ2n) is 11.3. The van der Waals surface area contributed by atoms with Crippen molar-refractivity contribution >= 4 is 25.6 Å². The van der Waals surface area contributed by atoms with Gasteiger partial charge in [0.1, 0.15) is 45.3 Å². The molecule has 0 aromatic carbocycles. The van der Waals surface area contributed by atoms with Gasteiger partial charge in [-0.25, -0.2) is 31.5 Å². The lowest BCUT2D eigenvalue weighted by molar-refractivity contribution is 0.308. The third-order valence-corrected chi connectivity index (χ3v) is 11.4. The van der Waals surface area contributed by atoms with Gasteiger partial charge in [0, 0.05) is 43.5 Å². The first-order valence-electron chi connectivity index (χ1n) is 15.3. The summed E-state index contributed by atoms with van der Waals surface area (Å²) in [6, 6.07) is 14.8. The fraction of sp³-hybridized carbons (Fsp3) is 0.281. The molecule has 256 valence electrons. The van der Waals surface area contributed by atoms with Gasteiger partial charge in [-0.1, -0.05) is 22.4 Å². The van der Waals surface area contributed by atoms with Crippen molar-refractivity contribution in [2.24, 2.45) is 0 Å². The van der Waals surface area contributed by atoms with Gasteiger partial charge in [0.25, 0.3) is 0 Å². The second kappa shape index (κ2) is 14.3. The Morgan fingerprint density at radius 3 is 2.39 bits per heavy atom. The smallest absolute Gasteiger partial charge is 0.248 e. The number of sulfonamides is 2.